The van der Waals surface area contributed by atoms with E-state index in [0.717, 1.165) is 32.5 Å². The molecule has 20 heavy (non-hydrogen) atoms. The quantitative estimate of drug-likeness (QED) is 0.891. The third-order valence-electron chi connectivity index (χ3n) is 3.38. The Kier molecular flexibility index (Phi) is 4.49. The van der Waals surface area contributed by atoms with Gasteiger partial charge in [-0.1, -0.05) is 0 Å². The zero-order chi connectivity index (χ0) is 13.8. The lowest BCUT2D eigenvalue weighted by molar-refractivity contribution is 0.0874. The van der Waals surface area contributed by atoms with Gasteiger partial charge in [-0.25, -0.2) is 0 Å². The smallest absolute Gasteiger partial charge is 0.231 e. The number of aromatic nitrogens is 3. The molecule has 0 amide bonds. The molecule has 3 rings (SSSR count). The monoisotopic (exact) mass is 299 g/mol. The van der Waals surface area contributed by atoms with Gasteiger partial charge >= 0.3 is 0 Å². The summed E-state index contributed by atoms with van der Waals surface area (Å²) in [5.41, 5.74) is 0. The SMILES string of the molecule is Clc1nc(NC2CCCOC2)nc(N2CCOCC2)n1. The van der Waals surface area contributed by atoms with Crippen molar-refractivity contribution in [3.05, 3.63) is 5.28 Å². The van der Waals surface area contributed by atoms with Crippen LogP contribution >= 0.6 is 11.6 Å². The standard InChI is InChI=1S/C12H18ClN5O2/c13-10-15-11(14-9-2-1-5-20-8-9)17-12(16-10)18-3-6-19-7-4-18/h9H,1-8H2,(H,14,15,16,17). The summed E-state index contributed by atoms with van der Waals surface area (Å²) in [5.74, 6) is 1.12. The van der Waals surface area contributed by atoms with E-state index in [1.165, 1.54) is 0 Å². The molecule has 1 unspecified atom stereocenters. The van der Waals surface area contributed by atoms with Crippen LogP contribution in [-0.2, 0) is 9.47 Å². The van der Waals surface area contributed by atoms with Gasteiger partial charge in [0.2, 0.25) is 17.2 Å². The molecule has 2 saturated heterocycles. The number of ether oxygens (including phenoxy) is 2. The second-order valence-electron chi connectivity index (χ2n) is 4.89. The van der Waals surface area contributed by atoms with Gasteiger partial charge in [0.05, 0.1) is 25.9 Å². The van der Waals surface area contributed by atoms with Gasteiger partial charge in [-0.3, -0.25) is 0 Å². The van der Waals surface area contributed by atoms with Crippen molar-refractivity contribution in [3.63, 3.8) is 0 Å². The number of nitrogens with one attached hydrogen (secondary N) is 1. The number of halogens is 1. The second kappa shape index (κ2) is 6.51. The molecule has 1 aromatic rings. The Morgan fingerprint density at radius 2 is 1.95 bits per heavy atom. The molecule has 1 atom stereocenters. The second-order valence-corrected chi connectivity index (χ2v) is 5.22. The number of morpholine rings is 1. The summed E-state index contributed by atoms with van der Waals surface area (Å²) in [4.78, 5) is 14.8. The third kappa shape index (κ3) is 3.47. The number of hydrogen-bond acceptors (Lipinski definition) is 7. The molecule has 0 bridgehead atoms. The zero-order valence-electron chi connectivity index (χ0n) is 11.2. The van der Waals surface area contributed by atoms with Gasteiger partial charge < -0.3 is 19.7 Å². The first-order valence-corrected chi connectivity index (χ1v) is 7.27. The first-order chi connectivity index (χ1) is 9.81. The molecule has 0 saturated carbocycles. The minimum Gasteiger partial charge on any atom is -0.379 e. The van der Waals surface area contributed by atoms with Gasteiger partial charge in [0.1, 0.15) is 0 Å². The van der Waals surface area contributed by atoms with Crippen LogP contribution in [0.1, 0.15) is 12.8 Å². The Morgan fingerprint density at radius 1 is 1.10 bits per heavy atom. The van der Waals surface area contributed by atoms with Crippen LogP contribution in [0.5, 0.6) is 0 Å². The molecule has 0 aromatic carbocycles. The summed E-state index contributed by atoms with van der Waals surface area (Å²) in [6, 6.07) is 0.236. The zero-order valence-corrected chi connectivity index (χ0v) is 12.0. The minimum atomic E-state index is 0.209. The summed E-state index contributed by atoms with van der Waals surface area (Å²) in [7, 11) is 0. The highest BCUT2D eigenvalue weighted by molar-refractivity contribution is 6.28. The van der Waals surface area contributed by atoms with E-state index in [4.69, 9.17) is 21.1 Å². The molecular weight excluding hydrogens is 282 g/mol. The fourth-order valence-corrected chi connectivity index (χ4v) is 2.50. The van der Waals surface area contributed by atoms with Crippen molar-refractivity contribution in [3.8, 4) is 0 Å². The predicted molar refractivity (Wildman–Crippen MR) is 75.3 cm³/mol. The van der Waals surface area contributed by atoms with Gasteiger partial charge in [-0.2, -0.15) is 15.0 Å². The van der Waals surface area contributed by atoms with Crippen LogP contribution in [0.15, 0.2) is 0 Å². The lowest BCUT2D eigenvalue weighted by atomic mass is 10.1. The summed E-state index contributed by atoms with van der Waals surface area (Å²) < 4.78 is 10.8. The van der Waals surface area contributed by atoms with E-state index in [1.54, 1.807) is 0 Å². The molecule has 8 heteroatoms. The molecule has 7 nitrogen and oxygen atoms in total. The molecule has 2 fully saturated rings. The van der Waals surface area contributed by atoms with Crippen molar-refractivity contribution in [2.75, 3.05) is 49.7 Å². The maximum Gasteiger partial charge on any atom is 0.231 e. The minimum absolute atomic E-state index is 0.209. The van der Waals surface area contributed by atoms with E-state index in [0.29, 0.717) is 31.7 Å². The van der Waals surface area contributed by atoms with E-state index in [9.17, 15) is 0 Å². The van der Waals surface area contributed by atoms with E-state index in [1.807, 2.05) is 0 Å². The Morgan fingerprint density at radius 3 is 2.70 bits per heavy atom. The van der Waals surface area contributed by atoms with Crippen molar-refractivity contribution in [2.24, 2.45) is 0 Å². The highest BCUT2D eigenvalue weighted by Gasteiger charge is 2.18. The first-order valence-electron chi connectivity index (χ1n) is 6.90. The molecule has 0 spiro atoms. The largest absolute Gasteiger partial charge is 0.379 e. The number of hydrogen-bond donors (Lipinski definition) is 1. The maximum atomic E-state index is 6.00. The molecule has 1 aromatic heterocycles. The van der Waals surface area contributed by atoms with Crippen LogP contribution in [0.25, 0.3) is 0 Å². The Labute approximate surface area is 122 Å². The summed E-state index contributed by atoms with van der Waals surface area (Å²) in [6.07, 6.45) is 2.10. The van der Waals surface area contributed by atoms with Crippen LogP contribution in [0, 0.1) is 0 Å². The lowest BCUT2D eigenvalue weighted by Gasteiger charge is -2.27. The van der Waals surface area contributed by atoms with Crippen molar-refractivity contribution >= 4 is 23.5 Å². The van der Waals surface area contributed by atoms with Gasteiger partial charge in [-0.05, 0) is 24.4 Å². The highest BCUT2D eigenvalue weighted by Crippen LogP contribution is 2.17. The van der Waals surface area contributed by atoms with Crippen LogP contribution in [0.4, 0.5) is 11.9 Å². The molecule has 3 heterocycles. The molecule has 2 aliphatic rings. The molecule has 1 N–H and O–H groups in total. The number of nitrogens with zero attached hydrogens (tertiary/aromatic N) is 4. The summed E-state index contributed by atoms with van der Waals surface area (Å²) >= 11 is 6.00. The molecule has 0 radical (unpaired) electrons. The Balaban J connectivity index is 1.71. The van der Waals surface area contributed by atoms with E-state index in [-0.39, 0.29) is 11.3 Å². The highest BCUT2D eigenvalue weighted by atomic mass is 35.5. The van der Waals surface area contributed by atoms with Crippen LogP contribution in [0.2, 0.25) is 5.28 Å². The van der Waals surface area contributed by atoms with E-state index in [2.05, 4.69) is 25.2 Å². The molecule has 2 aliphatic heterocycles. The molecule has 110 valence electrons. The maximum absolute atomic E-state index is 6.00. The normalized spacial score (nSPS) is 23.6. The van der Waals surface area contributed by atoms with Crippen LogP contribution in [-0.4, -0.2) is 60.5 Å². The van der Waals surface area contributed by atoms with Crippen LogP contribution < -0.4 is 10.2 Å². The Bertz CT molecular complexity index is 449. The van der Waals surface area contributed by atoms with E-state index >= 15 is 0 Å². The van der Waals surface area contributed by atoms with Crippen LogP contribution in [0.3, 0.4) is 0 Å². The fourth-order valence-electron chi connectivity index (χ4n) is 2.35. The number of anilines is 2. The number of rotatable bonds is 3. The van der Waals surface area contributed by atoms with E-state index < -0.39 is 0 Å². The summed E-state index contributed by atoms with van der Waals surface area (Å²) in [5, 5.41) is 3.48. The van der Waals surface area contributed by atoms with Crippen molar-refractivity contribution < 1.29 is 9.47 Å². The summed E-state index contributed by atoms with van der Waals surface area (Å²) in [6.45, 7) is 4.41. The van der Waals surface area contributed by atoms with Gasteiger partial charge in [0.15, 0.2) is 0 Å². The third-order valence-corrected chi connectivity index (χ3v) is 3.55. The predicted octanol–water partition coefficient (Wildman–Crippen LogP) is 0.952. The molecule has 0 aliphatic carbocycles. The average molecular weight is 300 g/mol. The van der Waals surface area contributed by atoms with Gasteiger partial charge in [0, 0.05) is 19.7 Å². The van der Waals surface area contributed by atoms with Crippen molar-refractivity contribution in [2.45, 2.75) is 18.9 Å². The van der Waals surface area contributed by atoms with Gasteiger partial charge in [0.25, 0.3) is 0 Å². The first kappa shape index (κ1) is 13.8. The Hall–Kier alpha value is -1.18. The topological polar surface area (TPSA) is 72.4 Å². The van der Waals surface area contributed by atoms with Gasteiger partial charge in [-0.15, -0.1) is 0 Å². The van der Waals surface area contributed by atoms with Crippen molar-refractivity contribution in [1.82, 2.24) is 15.0 Å². The average Bonchev–Trinajstić information content (AvgIpc) is 2.49. The lowest BCUT2D eigenvalue weighted by Crippen LogP contribution is -2.38. The van der Waals surface area contributed by atoms with Crippen molar-refractivity contribution in [1.29, 1.82) is 0 Å². The molecular formula is C12H18ClN5O2. The fraction of sp³-hybridized carbons (Fsp3) is 0.750.